The minimum Gasteiger partial charge on any atom is -0.380 e. The molecular formula is C15H30O2S. The Hall–Kier alpha value is 0.270. The zero-order valence-corrected chi connectivity index (χ0v) is 13.2. The molecule has 0 bridgehead atoms. The van der Waals surface area contributed by atoms with Gasteiger partial charge in [0.2, 0.25) is 0 Å². The summed E-state index contributed by atoms with van der Waals surface area (Å²) in [5.41, 5.74) is 0.241. The highest BCUT2D eigenvalue weighted by molar-refractivity contribution is 7.80. The van der Waals surface area contributed by atoms with Crippen LogP contribution in [0.5, 0.6) is 0 Å². The molecular weight excluding hydrogens is 244 g/mol. The molecule has 1 fully saturated rings. The maximum Gasteiger partial charge on any atom is 0.0763 e. The third kappa shape index (κ3) is 4.14. The zero-order chi connectivity index (χ0) is 13.4. The molecule has 2 nitrogen and oxygen atoms in total. The van der Waals surface area contributed by atoms with Gasteiger partial charge in [-0.3, -0.25) is 0 Å². The third-order valence-corrected chi connectivity index (χ3v) is 4.74. The van der Waals surface area contributed by atoms with Crippen molar-refractivity contribution in [2.24, 2.45) is 11.3 Å². The first kappa shape index (κ1) is 16.3. The lowest BCUT2D eigenvalue weighted by atomic mass is 9.77. The van der Waals surface area contributed by atoms with Gasteiger partial charge in [0.25, 0.3) is 0 Å². The highest BCUT2D eigenvalue weighted by Gasteiger charge is 2.46. The van der Waals surface area contributed by atoms with Crippen molar-refractivity contribution in [3.8, 4) is 0 Å². The van der Waals surface area contributed by atoms with Gasteiger partial charge in [0, 0.05) is 17.8 Å². The molecule has 0 aromatic heterocycles. The minimum absolute atomic E-state index is 0.241. The van der Waals surface area contributed by atoms with Crippen LogP contribution in [0, 0.1) is 11.3 Å². The molecule has 1 aliphatic heterocycles. The summed E-state index contributed by atoms with van der Waals surface area (Å²) < 4.78 is 11.6. The number of ether oxygens (including phenoxy) is 2. The van der Waals surface area contributed by atoms with Crippen LogP contribution in [0.1, 0.15) is 52.9 Å². The molecule has 3 heteroatoms. The second-order valence-corrected chi connectivity index (χ2v) is 5.99. The molecule has 108 valence electrons. The van der Waals surface area contributed by atoms with E-state index < -0.39 is 0 Å². The summed E-state index contributed by atoms with van der Waals surface area (Å²) in [6, 6.07) is 0. The topological polar surface area (TPSA) is 18.5 Å². The second-order valence-electron chi connectivity index (χ2n) is 5.63. The average molecular weight is 274 g/mol. The first-order valence-electron chi connectivity index (χ1n) is 7.52. The quantitative estimate of drug-likeness (QED) is 0.608. The predicted molar refractivity (Wildman–Crippen MR) is 80.4 cm³/mol. The highest BCUT2D eigenvalue weighted by Crippen LogP contribution is 2.39. The molecule has 0 aromatic carbocycles. The first-order valence-corrected chi connectivity index (χ1v) is 8.15. The summed E-state index contributed by atoms with van der Waals surface area (Å²) in [6.45, 7) is 9.36. The van der Waals surface area contributed by atoms with Gasteiger partial charge in [0.1, 0.15) is 0 Å². The highest BCUT2D eigenvalue weighted by atomic mass is 32.1. The van der Waals surface area contributed by atoms with Gasteiger partial charge in [-0.25, -0.2) is 0 Å². The maximum atomic E-state index is 6.00. The van der Waals surface area contributed by atoms with E-state index >= 15 is 0 Å². The van der Waals surface area contributed by atoms with Gasteiger partial charge in [-0.15, -0.1) is 0 Å². The summed E-state index contributed by atoms with van der Waals surface area (Å²) in [6.07, 6.45) is 6.56. The number of hydrogen-bond acceptors (Lipinski definition) is 3. The number of hydrogen-bond donors (Lipinski definition) is 1. The Morgan fingerprint density at radius 1 is 1.39 bits per heavy atom. The van der Waals surface area contributed by atoms with Crippen LogP contribution in [-0.2, 0) is 9.47 Å². The van der Waals surface area contributed by atoms with Crippen LogP contribution in [0.3, 0.4) is 0 Å². The summed E-state index contributed by atoms with van der Waals surface area (Å²) in [7, 11) is 0. The lowest BCUT2D eigenvalue weighted by molar-refractivity contribution is -0.203. The van der Waals surface area contributed by atoms with Gasteiger partial charge in [0.05, 0.1) is 19.3 Å². The Morgan fingerprint density at radius 2 is 2.17 bits per heavy atom. The third-order valence-electron chi connectivity index (χ3n) is 4.41. The summed E-state index contributed by atoms with van der Waals surface area (Å²) in [5.74, 6) is 1.54. The minimum atomic E-state index is 0.241. The Kier molecular flexibility index (Phi) is 7.66. The van der Waals surface area contributed by atoms with E-state index in [0.29, 0.717) is 6.10 Å². The molecule has 0 N–H and O–H groups in total. The Morgan fingerprint density at radius 3 is 2.61 bits per heavy atom. The van der Waals surface area contributed by atoms with E-state index in [9.17, 15) is 0 Å². The van der Waals surface area contributed by atoms with Gasteiger partial charge in [0.15, 0.2) is 0 Å². The van der Waals surface area contributed by atoms with Crippen molar-refractivity contribution in [2.75, 3.05) is 25.6 Å². The van der Waals surface area contributed by atoms with Crippen molar-refractivity contribution in [2.45, 2.75) is 59.0 Å². The monoisotopic (exact) mass is 274 g/mol. The molecule has 0 aromatic rings. The predicted octanol–water partition coefficient (Wildman–Crippen LogP) is 3.94. The average Bonchev–Trinajstić information content (AvgIpc) is 2.37. The van der Waals surface area contributed by atoms with Crippen molar-refractivity contribution in [1.29, 1.82) is 0 Å². The van der Waals surface area contributed by atoms with Crippen molar-refractivity contribution < 1.29 is 9.47 Å². The number of rotatable bonds is 10. The normalized spacial score (nSPS) is 29.0. The van der Waals surface area contributed by atoms with E-state index in [-0.39, 0.29) is 5.41 Å². The van der Waals surface area contributed by atoms with Gasteiger partial charge >= 0.3 is 0 Å². The lowest BCUT2D eigenvalue weighted by Crippen LogP contribution is -2.55. The van der Waals surface area contributed by atoms with Crippen LogP contribution in [0.2, 0.25) is 0 Å². The van der Waals surface area contributed by atoms with Crippen molar-refractivity contribution in [3.05, 3.63) is 0 Å². The van der Waals surface area contributed by atoms with Crippen molar-refractivity contribution in [1.82, 2.24) is 0 Å². The van der Waals surface area contributed by atoms with E-state index in [4.69, 9.17) is 9.47 Å². The molecule has 0 aliphatic carbocycles. The fourth-order valence-electron chi connectivity index (χ4n) is 2.58. The molecule has 0 spiro atoms. The van der Waals surface area contributed by atoms with Gasteiger partial charge in [-0.2, -0.15) is 12.6 Å². The van der Waals surface area contributed by atoms with Crippen LogP contribution in [-0.4, -0.2) is 31.7 Å². The lowest BCUT2D eigenvalue weighted by Gasteiger charge is -2.48. The fourth-order valence-corrected chi connectivity index (χ4v) is 3.07. The van der Waals surface area contributed by atoms with Crippen LogP contribution in [0.4, 0.5) is 0 Å². The zero-order valence-electron chi connectivity index (χ0n) is 12.3. The molecule has 3 unspecified atom stereocenters. The summed E-state index contributed by atoms with van der Waals surface area (Å²) in [4.78, 5) is 0. The van der Waals surface area contributed by atoms with Gasteiger partial charge < -0.3 is 9.47 Å². The van der Waals surface area contributed by atoms with E-state index in [0.717, 1.165) is 37.9 Å². The van der Waals surface area contributed by atoms with E-state index in [1.165, 1.54) is 25.7 Å². The molecule has 18 heavy (non-hydrogen) atoms. The smallest absolute Gasteiger partial charge is 0.0763 e. The Bertz CT molecular complexity index is 217. The van der Waals surface area contributed by atoms with Gasteiger partial charge in [-0.1, -0.05) is 40.0 Å². The summed E-state index contributed by atoms with van der Waals surface area (Å²) in [5, 5.41) is 0. The van der Waals surface area contributed by atoms with Crippen LogP contribution >= 0.6 is 12.6 Å². The largest absolute Gasteiger partial charge is 0.380 e. The molecule has 3 atom stereocenters. The van der Waals surface area contributed by atoms with Crippen molar-refractivity contribution in [3.63, 3.8) is 0 Å². The van der Waals surface area contributed by atoms with Crippen molar-refractivity contribution >= 4 is 12.6 Å². The SMILES string of the molecule is CCCCC(CC)COCC1(CC)COC1CS. The molecule has 0 saturated carbocycles. The first-order chi connectivity index (χ1) is 8.72. The second kappa shape index (κ2) is 8.44. The van der Waals surface area contributed by atoms with E-state index in [2.05, 4.69) is 33.4 Å². The van der Waals surface area contributed by atoms with Crippen LogP contribution in [0.25, 0.3) is 0 Å². The molecule has 1 heterocycles. The molecule has 1 rings (SSSR count). The molecule has 1 aliphatic rings. The summed E-state index contributed by atoms with van der Waals surface area (Å²) >= 11 is 4.36. The Balaban J connectivity index is 2.26. The number of unbranched alkanes of at least 4 members (excludes halogenated alkanes) is 1. The maximum absolute atomic E-state index is 6.00. The standard InChI is InChI=1S/C15H30O2S/c1-4-7-8-13(5-2)9-16-11-15(6-3)12-17-14(15)10-18/h13-14,18H,4-12H2,1-3H3. The fraction of sp³-hybridized carbons (Fsp3) is 1.00. The van der Waals surface area contributed by atoms with E-state index in [1.807, 2.05) is 0 Å². The molecule has 0 radical (unpaired) electrons. The van der Waals surface area contributed by atoms with Crippen LogP contribution < -0.4 is 0 Å². The van der Waals surface area contributed by atoms with Gasteiger partial charge in [-0.05, 0) is 18.8 Å². The van der Waals surface area contributed by atoms with Crippen LogP contribution in [0.15, 0.2) is 0 Å². The number of thiol groups is 1. The molecule has 0 amide bonds. The van der Waals surface area contributed by atoms with E-state index in [1.54, 1.807) is 0 Å². The Labute approximate surface area is 118 Å². The molecule has 1 saturated heterocycles.